The molecule has 1 aliphatic heterocycles. The summed E-state index contributed by atoms with van der Waals surface area (Å²) in [6.07, 6.45) is 6.19. The van der Waals surface area contributed by atoms with Crippen LogP contribution in [-0.4, -0.2) is 63.2 Å². The summed E-state index contributed by atoms with van der Waals surface area (Å²) >= 11 is 0. The summed E-state index contributed by atoms with van der Waals surface area (Å²) in [5, 5.41) is 3.15. The van der Waals surface area contributed by atoms with Gasteiger partial charge in [-0.25, -0.2) is 8.42 Å². The zero-order valence-electron chi connectivity index (χ0n) is 22.8. The van der Waals surface area contributed by atoms with Crippen molar-refractivity contribution in [1.82, 2.24) is 10.2 Å². The second kappa shape index (κ2) is 13.2. The highest BCUT2D eigenvalue weighted by atomic mass is 32.2. The molecule has 1 saturated carbocycles. The van der Waals surface area contributed by atoms with E-state index in [2.05, 4.69) is 5.32 Å². The van der Waals surface area contributed by atoms with E-state index in [1.54, 1.807) is 23.1 Å². The van der Waals surface area contributed by atoms with Gasteiger partial charge in [-0.2, -0.15) is 0 Å². The van der Waals surface area contributed by atoms with E-state index in [9.17, 15) is 18.0 Å². The minimum atomic E-state index is -3.61. The highest BCUT2D eigenvalue weighted by Crippen LogP contribution is 2.34. The number of nitrogens with zero attached hydrogens (tertiary/aromatic N) is 2. The lowest BCUT2D eigenvalue weighted by atomic mass is 10.1. The van der Waals surface area contributed by atoms with Crippen molar-refractivity contribution in [2.45, 2.75) is 70.5 Å². The summed E-state index contributed by atoms with van der Waals surface area (Å²) in [6, 6.07) is 14.2. The van der Waals surface area contributed by atoms with Gasteiger partial charge in [0.1, 0.15) is 19.3 Å². The summed E-state index contributed by atoms with van der Waals surface area (Å²) in [7, 11) is -3.61. The fourth-order valence-corrected chi connectivity index (χ4v) is 6.22. The van der Waals surface area contributed by atoms with Gasteiger partial charge in [-0.05, 0) is 43.4 Å². The fourth-order valence-electron chi connectivity index (χ4n) is 5.26. The van der Waals surface area contributed by atoms with Gasteiger partial charge in [0.2, 0.25) is 21.8 Å². The number of ether oxygens (including phenoxy) is 2. The van der Waals surface area contributed by atoms with E-state index in [1.807, 2.05) is 37.3 Å². The first-order valence-corrected chi connectivity index (χ1v) is 15.6. The number of carbonyl (C=O) groups is 2. The molecule has 2 aromatic carbocycles. The van der Waals surface area contributed by atoms with Crippen molar-refractivity contribution in [3.63, 3.8) is 0 Å². The number of fused-ring (bicyclic) bond motifs is 1. The van der Waals surface area contributed by atoms with Crippen molar-refractivity contribution in [2.75, 3.05) is 30.3 Å². The Bertz CT molecular complexity index is 1230. The largest absolute Gasteiger partial charge is 0.486 e. The van der Waals surface area contributed by atoms with Gasteiger partial charge in [0.15, 0.2) is 11.5 Å². The lowest BCUT2D eigenvalue weighted by Gasteiger charge is -2.32. The average Bonchev–Trinajstić information content (AvgIpc) is 3.43. The van der Waals surface area contributed by atoms with E-state index in [1.165, 1.54) is 4.31 Å². The number of benzene rings is 2. The van der Waals surface area contributed by atoms with Crippen molar-refractivity contribution < 1.29 is 27.5 Å². The topological polar surface area (TPSA) is 105 Å². The van der Waals surface area contributed by atoms with Crippen LogP contribution in [0.3, 0.4) is 0 Å². The van der Waals surface area contributed by atoms with Crippen LogP contribution in [0.1, 0.15) is 57.4 Å². The van der Waals surface area contributed by atoms with Gasteiger partial charge in [-0.3, -0.25) is 13.9 Å². The maximum atomic E-state index is 13.6. The maximum Gasteiger partial charge on any atom is 0.243 e. The van der Waals surface area contributed by atoms with E-state index in [4.69, 9.17) is 9.47 Å². The molecule has 4 rings (SSSR count). The fraction of sp³-hybridized carbons (Fsp3) is 0.517. The third-order valence-corrected chi connectivity index (χ3v) is 8.44. The Hall–Kier alpha value is -3.27. The number of anilines is 1. The summed E-state index contributed by atoms with van der Waals surface area (Å²) < 4.78 is 37.8. The molecule has 39 heavy (non-hydrogen) atoms. The van der Waals surface area contributed by atoms with Gasteiger partial charge in [0.25, 0.3) is 0 Å². The van der Waals surface area contributed by atoms with Crippen LogP contribution in [0.15, 0.2) is 48.5 Å². The van der Waals surface area contributed by atoms with E-state index < -0.39 is 16.1 Å². The van der Waals surface area contributed by atoms with E-state index in [0.717, 1.165) is 37.5 Å². The summed E-state index contributed by atoms with van der Waals surface area (Å²) in [5.41, 5.74) is 1.39. The van der Waals surface area contributed by atoms with Gasteiger partial charge in [0.05, 0.1) is 11.9 Å². The van der Waals surface area contributed by atoms with Crippen LogP contribution in [0.25, 0.3) is 0 Å². The molecule has 0 radical (unpaired) electrons. The number of carbonyl (C=O) groups excluding carboxylic acids is 2. The first-order valence-electron chi connectivity index (χ1n) is 13.8. The Labute approximate surface area is 231 Å². The Morgan fingerprint density at radius 1 is 1.03 bits per heavy atom. The minimum Gasteiger partial charge on any atom is -0.486 e. The predicted molar refractivity (Wildman–Crippen MR) is 150 cm³/mol. The van der Waals surface area contributed by atoms with Crippen molar-refractivity contribution in [2.24, 2.45) is 0 Å². The van der Waals surface area contributed by atoms with Crippen LogP contribution >= 0.6 is 0 Å². The van der Waals surface area contributed by atoms with Gasteiger partial charge < -0.3 is 19.7 Å². The number of nitrogens with one attached hydrogen (secondary N) is 1. The third kappa shape index (κ3) is 7.65. The molecule has 0 spiro atoms. The first kappa shape index (κ1) is 28.7. The Balaban J connectivity index is 1.46. The molecule has 2 amide bonds. The number of amides is 2. The smallest absolute Gasteiger partial charge is 0.243 e. The quantitative estimate of drug-likeness (QED) is 0.425. The summed E-state index contributed by atoms with van der Waals surface area (Å²) in [4.78, 5) is 28.5. The zero-order valence-corrected chi connectivity index (χ0v) is 23.6. The number of sulfonamides is 1. The molecule has 2 aromatic rings. The standard InChI is InChI=1S/C29H39N3O6S/c1-3-25(29(34)30-23-12-7-8-13-23)31(21-22-10-5-4-6-11-22)28(33)14-9-17-32(39(2,35)36)24-15-16-26-27(20-24)38-19-18-37-26/h4-6,10-11,15-16,20,23,25H,3,7-9,12-14,17-19,21H2,1-2H3,(H,30,34)/t25-/m0/s1. The van der Waals surface area contributed by atoms with Gasteiger partial charge in [0, 0.05) is 31.6 Å². The molecule has 1 heterocycles. The molecule has 0 unspecified atom stereocenters. The lowest BCUT2D eigenvalue weighted by Crippen LogP contribution is -2.51. The monoisotopic (exact) mass is 557 g/mol. The van der Waals surface area contributed by atoms with E-state index in [-0.39, 0.29) is 30.8 Å². The predicted octanol–water partition coefficient (Wildman–Crippen LogP) is 3.87. The molecule has 0 aromatic heterocycles. The normalized spacial score (nSPS) is 15.9. The Kier molecular flexibility index (Phi) is 9.72. The molecule has 1 aliphatic carbocycles. The maximum absolute atomic E-state index is 13.6. The first-order chi connectivity index (χ1) is 18.8. The molecular weight excluding hydrogens is 518 g/mol. The third-order valence-electron chi connectivity index (χ3n) is 7.25. The molecule has 212 valence electrons. The minimum absolute atomic E-state index is 0.108. The molecule has 1 N–H and O–H groups in total. The SMILES string of the molecule is CC[C@@H](C(=O)NC1CCCC1)N(Cc1ccccc1)C(=O)CCCN(c1ccc2c(c1)OCCO2)S(C)(=O)=O. The average molecular weight is 558 g/mol. The molecule has 9 nitrogen and oxygen atoms in total. The number of hydrogen-bond donors (Lipinski definition) is 1. The Morgan fingerprint density at radius 3 is 2.38 bits per heavy atom. The molecular formula is C29H39N3O6S. The van der Waals surface area contributed by atoms with Crippen molar-refractivity contribution in [3.05, 3.63) is 54.1 Å². The lowest BCUT2D eigenvalue weighted by molar-refractivity contribution is -0.141. The van der Waals surface area contributed by atoms with Crippen LogP contribution < -0.4 is 19.1 Å². The summed E-state index contributed by atoms with van der Waals surface area (Å²) in [6.45, 7) is 3.19. The van der Waals surface area contributed by atoms with E-state index in [0.29, 0.717) is 49.8 Å². The second-order valence-electron chi connectivity index (χ2n) is 10.2. The van der Waals surface area contributed by atoms with Gasteiger partial charge in [-0.15, -0.1) is 0 Å². The highest BCUT2D eigenvalue weighted by Gasteiger charge is 2.31. The van der Waals surface area contributed by atoms with Crippen molar-refractivity contribution >= 4 is 27.5 Å². The van der Waals surface area contributed by atoms with Crippen molar-refractivity contribution in [1.29, 1.82) is 0 Å². The molecule has 10 heteroatoms. The molecule has 1 fully saturated rings. The van der Waals surface area contributed by atoms with Crippen LogP contribution in [0, 0.1) is 0 Å². The van der Waals surface area contributed by atoms with Crippen LogP contribution in [0.4, 0.5) is 5.69 Å². The van der Waals surface area contributed by atoms with Crippen LogP contribution in [-0.2, 0) is 26.2 Å². The van der Waals surface area contributed by atoms with Gasteiger partial charge in [-0.1, -0.05) is 50.1 Å². The van der Waals surface area contributed by atoms with Crippen LogP contribution in [0.2, 0.25) is 0 Å². The van der Waals surface area contributed by atoms with E-state index >= 15 is 0 Å². The zero-order chi connectivity index (χ0) is 27.8. The van der Waals surface area contributed by atoms with Gasteiger partial charge >= 0.3 is 0 Å². The molecule has 0 saturated heterocycles. The summed E-state index contributed by atoms with van der Waals surface area (Å²) in [5.74, 6) is 0.772. The Morgan fingerprint density at radius 2 is 1.72 bits per heavy atom. The molecule has 2 aliphatic rings. The number of hydrogen-bond acceptors (Lipinski definition) is 6. The molecule has 1 atom stereocenters. The highest BCUT2D eigenvalue weighted by molar-refractivity contribution is 7.92. The van der Waals surface area contributed by atoms with Crippen molar-refractivity contribution in [3.8, 4) is 11.5 Å². The second-order valence-corrected chi connectivity index (χ2v) is 12.1. The van der Waals surface area contributed by atoms with Crippen LogP contribution in [0.5, 0.6) is 11.5 Å². The molecule has 0 bridgehead atoms. The number of rotatable bonds is 12.